The number of carbonyl (C=O) groups is 1. The molecule has 23 heavy (non-hydrogen) atoms. The zero-order valence-corrected chi connectivity index (χ0v) is 14.2. The molecule has 6 heteroatoms. The molecule has 0 spiro atoms. The van der Waals surface area contributed by atoms with Crippen molar-refractivity contribution < 1.29 is 9.72 Å². The summed E-state index contributed by atoms with van der Waals surface area (Å²) in [5, 5.41) is 14.4. The molecule has 2 aromatic rings. The first-order valence-electron chi connectivity index (χ1n) is 7.34. The van der Waals surface area contributed by atoms with E-state index in [-0.39, 0.29) is 17.0 Å². The smallest absolute Gasteiger partial charge is 0.358 e. The van der Waals surface area contributed by atoms with E-state index in [1.807, 2.05) is 12.1 Å². The zero-order valence-electron chi connectivity index (χ0n) is 14.2. The maximum atomic E-state index is 10.6. The number of nitro groups is 1. The number of nitrogens with zero attached hydrogens (tertiary/aromatic N) is 3. The van der Waals surface area contributed by atoms with Gasteiger partial charge in [0.2, 0.25) is 0 Å². The number of ketones is 1. The molecule has 0 aliphatic rings. The number of benzene rings is 1. The van der Waals surface area contributed by atoms with Crippen LogP contribution in [0.5, 0.6) is 0 Å². The number of hydrogen-bond acceptors (Lipinski definition) is 4. The van der Waals surface area contributed by atoms with E-state index in [2.05, 4.69) is 38.0 Å². The van der Waals surface area contributed by atoms with Gasteiger partial charge < -0.3 is 14.9 Å². The largest absolute Gasteiger partial charge is 0.389 e. The summed E-state index contributed by atoms with van der Waals surface area (Å²) < 4.78 is 1.57. The predicted octanol–water partition coefficient (Wildman–Crippen LogP) is 3.73. The number of aromatic nitrogens is 2. The Morgan fingerprint density at radius 1 is 1.17 bits per heavy atom. The molecule has 0 aliphatic carbocycles. The van der Waals surface area contributed by atoms with Crippen LogP contribution >= 0.6 is 0 Å². The monoisotopic (exact) mass is 317 g/mol. The second-order valence-corrected chi connectivity index (χ2v) is 6.48. The number of rotatable bonds is 3. The minimum Gasteiger partial charge on any atom is -0.358 e. The van der Waals surface area contributed by atoms with Crippen LogP contribution < -0.4 is 0 Å². The highest BCUT2D eigenvalue weighted by Crippen LogP contribution is 2.22. The van der Waals surface area contributed by atoms with E-state index in [1.54, 1.807) is 10.9 Å². The lowest BCUT2D eigenvalue weighted by Crippen LogP contribution is -2.11. The number of carbonyl (C=O) groups excluding carboxylic acids is 1. The SMILES string of the molecule is CC(C)(C)c1ccc(Cn2ccc([N+](=O)[O-])n2)cc1.CC(C)=O. The average Bonchev–Trinajstić information content (AvgIpc) is 2.86. The molecule has 0 fully saturated rings. The van der Waals surface area contributed by atoms with E-state index < -0.39 is 4.92 Å². The first-order chi connectivity index (χ1) is 10.6. The van der Waals surface area contributed by atoms with Gasteiger partial charge in [-0.15, -0.1) is 0 Å². The minimum absolute atomic E-state index is 0.119. The van der Waals surface area contributed by atoms with E-state index in [4.69, 9.17) is 0 Å². The van der Waals surface area contributed by atoms with E-state index in [9.17, 15) is 14.9 Å². The Balaban J connectivity index is 0.000000593. The van der Waals surface area contributed by atoms with Gasteiger partial charge in [0.25, 0.3) is 0 Å². The quantitative estimate of drug-likeness (QED) is 0.638. The molecule has 0 atom stereocenters. The van der Waals surface area contributed by atoms with Gasteiger partial charge in [-0.2, -0.15) is 4.68 Å². The van der Waals surface area contributed by atoms with Gasteiger partial charge in [-0.05, 0) is 35.3 Å². The molecule has 1 aromatic heterocycles. The summed E-state index contributed by atoms with van der Waals surface area (Å²) in [6, 6.07) is 9.66. The lowest BCUT2D eigenvalue weighted by atomic mass is 9.87. The van der Waals surface area contributed by atoms with Crippen molar-refractivity contribution in [3.05, 3.63) is 57.8 Å². The van der Waals surface area contributed by atoms with E-state index in [0.717, 1.165) is 5.56 Å². The standard InChI is InChI=1S/C14H17N3O2.C3H6O/c1-14(2,3)12-6-4-11(5-7-12)10-16-9-8-13(15-16)17(18)19;1-3(2)4/h4-9H,10H2,1-3H3;1-2H3. The Kier molecular flexibility index (Phi) is 6.18. The summed E-state index contributed by atoms with van der Waals surface area (Å²) in [4.78, 5) is 19.5. The summed E-state index contributed by atoms with van der Waals surface area (Å²) in [6.07, 6.45) is 1.62. The van der Waals surface area contributed by atoms with Crippen LogP contribution in [-0.2, 0) is 16.8 Å². The average molecular weight is 317 g/mol. The fraction of sp³-hybridized carbons (Fsp3) is 0.412. The van der Waals surface area contributed by atoms with Gasteiger partial charge in [-0.1, -0.05) is 45.0 Å². The molecule has 0 amide bonds. The molecule has 0 bridgehead atoms. The van der Waals surface area contributed by atoms with E-state index in [1.165, 1.54) is 25.5 Å². The topological polar surface area (TPSA) is 78.0 Å². The number of Topliss-reactive ketones (excluding diaryl/α,β-unsaturated/α-hetero) is 1. The van der Waals surface area contributed by atoms with Crippen molar-refractivity contribution in [2.45, 2.75) is 46.6 Å². The fourth-order valence-corrected chi connectivity index (χ4v) is 1.83. The predicted molar refractivity (Wildman–Crippen MR) is 89.5 cm³/mol. The third-order valence-corrected chi connectivity index (χ3v) is 2.98. The normalized spacial score (nSPS) is 10.7. The molecule has 1 aromatic carbocycles. The third kappa shape index (κ3) is 6.42. The van der Waals surface area contributed by atoms with Crippen LogP contribution in [0.2, 0.25) is 0 Å². The highest BCUT2D eigenvalue weighted by Gasteiger charge is 2.14. The molecule has 0 saturated heterocycles. The molecule has 0 saturated carbocycles. The van der Waals surface area contributed by atoms with E-state index in [0.29, 0.717) is 6.54 Å². The minimum atomic E-state index is -0.487. The zero-order chi connectivity index (χ0) is 17.6. The molecule has 124 valence electrons. The Hall–Kier alpha value is -2.50. The molecule has 0 radical (unpaired) electrons. The molecule has 6 nitrogen and oxygen atoms in total. The summed E-state index contributed by atoms with van der Waals surface area (Å²) in [5.74, 6) is 0.0475. The van der Waals surface area contributed by atoms with Crippen LogP contribution in [0.25, 0.3) is 0 Å². The lowest BCUT2D eigenvalue weighted by Gasteiger charge is -2.19. The van der Waals surface area contributed by atoms with Crippen LogP contribution in [0.3, 0.4) is 0 Å². The van der Waals surface area contributed by atoms with Crippen molar-refractivity contribution in [3.8, 4) is 0 Å². The van der Waals surface area contributed by atoms with E-state index >= 15 is 0 Å². The van der Waals surface area contributed by atoms with Crippen molar-refractivity contribution in [1.29, 1.82) is 0 Å². The Morgan fingerprint density at radius 2 is 1.70 bits per heavy atom. The van der Waals surface area contributed by atoms with Gasteiger partial charge in [0, 0.05) is 0 Å². The molecule has 0 unspecified atom stereocenters. The Morgan fingerprint density at radius 3 is 2.09 bits per heavy atom. The molecule has 0 aliphatic heterocycles. The van der Waals surface area contributed by atoms with Crippen molar-refractivity contribution in [2.75, 3.05) is 0 Å². The second-order valence-electron chi connectivity index (χ2n) is 6.48. The Bertz CT molecular complexity index is 663. The van der Waals surface area contributed by atoms with Crippen LogP contribution in [-0.4, -0.2) is 20.5 Å². The van der Waals surface area contributed by atoms with Crippen molar-refractivity contribution in [1.82, 2.24) is 9.78 Å². The lowest BCUT2D eigenvalue weighted by molar-refractivity contribution is -0.389. The molecular formula is C17H23N3O3. The van der Waals surface area contributed by atoms with Gasteiger partial charge >= 0.3 is 5.82 Å². The van der Waals surface area contributed by atoms with Gasteiger partial charge in [-0.3, -0.25) is 0 Å². The third-order valence-electron chi connectivity index (χ3n) is 2.98. The summed E-state index contributed by atoms with van der Waals surface area (Å²) >= 11 is 0. The van der Waals surface area contributed by atoms with Crippen molar-refractivity contribution in [2.24, 2.45) is 0 Å². The number of hydrogen-bond donors (Lipinski definition) is 0. The fourth-order valence-electron chi connectivity index (χ4n) is 1.83. The van der Waals surface area contributed by atoms with Crippen LogP contribution in [0.15, 0.2) is 36.5 Å². The molecular weight excluding hydrogens is 294 g/mol. The molecule has 2 rings (SSSR count). The van der Waals surface area contributed by atoms with Gasteiger partial charge in [0.15, 0.2) is 0 Å². The molecule has 0 N–H and O–H groups in total. The van der Waals surface area contributed by atoms with Gasteiger partial charge in [-0.25, -0.2) is 0 Å². The highest BCUT2D eigenvalue weighted by molar-refractivity contribution is 5.72. The maximum absolute atomic E-state index is 10.6. The highest BCUT2D eigenvalue weighted by atomic mass is 16.6. The summed E-state index contributed by atoms with van der Waals surface area (Å²) in [7, 11) is 0. The second kappa shape index (κ2) is 7.67. The van der Waals surface area contributed by atoms with Crippen molar-refractivity contribution >= 4 is 11.6 Å². The van der Waals surface area contributed by atoms with Crippen molar-refractivity contribution in [3.63, 3.8) is 0 Å². The van der Waals surface area contributed by atoms with Gasteiger partial charge in [0.1, 0.15) is 5.78 Å². The first kappa shape index (κ1) is 18.5. The van der Waals surface area contributed by atoms with Crippen LogP contribution in [0.1, 0.15) is 45.7 Å². The summed E-state index contributed by atoms with van der Waals surface area (Å²) in [6.45, 7) is 10.1. The summed E-state index contributed by atoms with van der Waals surface area (Å²) in [5.41, 5.74) is 2.47. The maximum Gasteiger partial charge on any atom is 0.389 e. The van der Waals surface area contributed by atoms with Crippen LogP contribution in [0.4, 0.5) is 5.82 Å². The first-order valence-corrected chi connectivity index (χ1v) is 7.34. The Labute approximate surface area is 136 Å². The van der Waals surface area contributed by atoms with Gasteiger partial charge in [0.05, 0.1) is 23.9 Å². The molecule has 1 heterocycles. The van der Waals surface area contributed by atoms with Crippen LogP contribution in [0, 0.1) is 10.1 Å².